The number of benzene rings is 2. The van der Waals surface area contributed by atoms with E-state index in [0.717, 1.165) is 24.5 Å². The molecule has 2 aliphatic rings. The van der Waals surface area contributed by atoms with Crippen LogP contribution in [0.1, 0.15) is 35.4 Å². The largest absolute Gasteiger partial charge is 0.329 e. The van der Waals surface area contributed by atoms with E-state index in [1.54, 1.807) is 11.9 Å². The van der Waals surface area contributed by atoms with Crippen molar-refractivity contribution >= 4 is 24.1 Å². The number of urea groups is 2. The molecule has 34 heavy (non-hydrogen) atoms. The summed E-state index contributed by atoms with van der Waals surface area (Å²) >= 11 is 0. The van der Waals surface area contributed by atoms with Gasteiger partial charge in [0.2, 0.25) is 0 Å². The van der Waals surface area contributed by atoms with Crippen molar-refractivity contribution in [2.75, 3.05) is 25.5 Å². The summed E-state index contributed by atoms with van der Waals surface area (Å²) in [7, 11) is 1.60. The van der Waals surface area contributed by atoms with Gasteiger partial charge in [-0.25, -0.2) is 18.4 Å². The number of amides is 4. The Hall–Kier alpha value is -3.75. The van der Waals surface area contributed by atoms with E-state index in [-0.39, 0.29) is 25.2 Å². The fraction of sp³-hybridized carbons (Fsp3) is 0.320. The van der Waals surface area contributed by atoms with E-state index in [4.69, 9.17) is 0 Å². The van der Waals surface area contributed by atoms with Crippen molar-refractivity contribution in [1.82, 2.24) is 14.7 Å². The Morgan fingerprint density at radius 3 is 2.47 bits per heavy atom. The van der Waals surface area contributed by atoms with Gasteiger partial charge in [-0.15, -0.1) is 0 Å². The molecule has 178 valence electrons. The Morgan fingerprint density at radius 2 is 1.82 bits per heavy atom. The van der Waals surface area contributed by atoms with E-state index in [0.29, 0.717) is 35.8 Å². The first-order chi connectivity index (χ1) is 16.4. The highest BCUT2D eigenvalue weighted by atomic mass is 19.1. The lowest BCUT2D eigenvalue weighted by molar-refractivity contribution is 0.169. The summed E-state index contributed by atoms with van der Waals surface area (Å²) < 4.78 is 27.4. The van der Waals surface area contributed by atoms with Crippen molar-refractivity contribution < 1.29 is 18.4 Å². The highest BCUT2D eigenvalue weighted by Gasteiger charge is 2.28. The summed E-state index contributed by atoms with van der Waals surface area (Å²) in [6.07, 6.45) is 4.56. The Kier molecular flexibility index (Phi) is 6.90. The topological polar surface area (TPSA) is 68.2 Å². The second-order valence-electron chi connectivity index (χ2n) is 8.44. The molecule has 2 aromatic carbocycles. The Morgan fingerprint density at radius 1 is 1.12 bits per heavy atom. The number of carbonyl (C=O) groups excluding carboxylic acids is 2. The molecule has 7 nitrogen and oxygen atoms in total. The zero-order valence-corrected chi connectivity index (χ0v) is 19.0. The molecule has 9 heteroatoms. The lowest BCUT2D eigenvalue weighted by Crippen LogP contribution is -2.44. The molecule has 0 unspecified atom stereocenters. The lowest BCUT2D eigenvalue weighted by atomic mass is 9.89. The summed E-state index contributed by atoms with van der Waals surface area (Å²) in [6, 6.07) is 9.25. The number of hydrogen-bond donors (Lipinski definition) is 1. The first-order valence-electron chi connectivity index (χ1n) is 11.1. The minimum absolute atomic E-state index is 0.107. The first-order valence-corrected chi connectivity index (χ1v) is 11.1. The number of nitrogens with zero attached hydrogens (tertiary/aromatic N) is 4. The van der Waals surface area contributed by atoms with Gasteiger partial charge < -0.3 is 15.1 Å². The van der Waals surface area contributed by atoms with Gasteiger partial charge in [-0.05, 0) is 48.1 Å². The number of hydrogen-bond acceptors (Lipinski definition) is 3. The first kappa shape index (κ1) is 23.4. The molecule has 2 heterocycles. The van der Waals surface area contributed by atoms with E-state index in [9.17, 15) is 18.4 Å². The van der Waals surface area contributed by atoms with Crippen LogP contribution in [0.5, 0.6) is 0 Å². The smallest absolute Gasteiger partial charge is 0.324 e. The monoisotopic (exact) mass is 467 g/mol. The van der Waals surface area contributed by atoms with Gasteiger partial charge in [0.05, 0.1) is 12.9 Å². The third-order valence-corrected chi connectivity index (χ3v) is 6.31. The highest BCUT2D eigenvalue weighted by Crippen LogP contribution is 2.30. The van der Waals surface area contributed by atoms with E-state index >= 15 is 0 Å². The molecule has 0 aliphatic carbocycles. The second-order valence-corrected chi connectivity index (χ2v) is 8.44. The standard InChI is InChI=1S/C25H27F2N5O2/c1-3-30(16-28-2)25(34)31-10-8-18(9-11-31)17-4-6-21(7-5-17)29-24(33)32-14-19-12-20(26)13-23(27)22(19)15-32/h3-7,12-13,16,18H,1,8-11,14-15H2,2H3,(H,29,33). The molecule has 4 rings (SSSR count). The fourth-order valence-electron chi connectivity index (χ4n) is 4.48. The quantitative estimate of drug-likeness (QED) is 0.513. The third kappa shape index (κ3) is 4.93. The number of aliphatic imine (C=N–C) groups is 1. The molecule has 0 bridgehead atoms. The van der Waals surface area contributed by atoms with Crippen molar-refractivity contribution in [2.24, 2.45) is 4.99 Å². The molecule has 1 saturated heterocycles. The van der Waals surface area contributed by atoms with Crippen LogP contribution in [0, 0.1) is 11.6 Å². The Balaban J connectivity index is 1.31. The third-order valence-electron chi connectivity index (χ3n) is 6.31. The molecule has 1 N–H and O–H groups in total. The maximum atomic E-state index is 14.0. The van der Waals surface area contributed by atoms with E-state index < -0.39 is 11.6 Å². The minimum Gasteiger partial charge on any atom is -0.324 e. The Bertz CT molecular complexity index is 1110. The summed E-state index contributed by atoms with van der Waals surface area (Å²) in [5.41, 5.74) is 2.62. The van der Waals surface area contributed by atoms with Crippen LogP contribution in [0.25, 0.3) is 0 Å². The fourth-order valence-corrected chi connectivity index (χ4v) is 4.48. The predicted molar refractivity (Wildman–Crippen MR) is 126 cm³/mol. The van der Waals surface area contributed by atoms with Crippen molar-refractivity contribution in [3.05, 3.63) is 77.5 Å². The molecule has 1 fully saturated rings. The van der Waals surface area contributed by atoms with Crippen LogP contribution >= 0.6 is 0 Å². The van der Waals surface area contributed by atoms with Gasteiger partial charge in [-0.2, -0.15) is 0 Å². The molecule has 0 radical (unpaired) electrons. The van der Waals surface area contributed by atoms with Gasteiger partial charge in [0, 0.05) is 50.2 Å². The van der Waals surface area contributed by atoms with E-state index in [1.807, 2.05) is 24.3 Å². The normalized spacial score (nSPS) is 16.0. The molecule has 0 aromatic heterocycles. The Labute approximate surface area is 197 Å². The molecule has 2 aromatic rings. The number of halogens is 2. The number of nitrogens with one attached hydrogen (secondary N) is 1. The van der Waals surface area contributed by atoms with Crippen molar-refractivity contribution in [3.63, 3.8) is 0 Å². The summed E-state index contributed by atoms with van der Waals surface area (Å²) in [6.45, 7) is 5.20. The van der Waals surface area contributed by atoms with Crippen LogP contribution in [-0.2, 0) is 13.1 Å². The molecule has 0 atom stereocenters. The average molecular weight is 468 g/mol. The molecular weight excluding hydrogens is 440 g/mol. The molecule has 0 spiro atoms. The minimum atomic E-state index is -0.642. The number of rotatable bonds is 4. The number of piperidine rings is 1. The zero-order valence-electron chi connectivity index (χ0n) is 19.0. The summed E-state index contributed by atoms with van der Waals surface area (Å²) in [4.78, 5) is 33.7. The average Bonchev–Trinajstić information content (AvgIpc) is 3.27. The molecule has 2 aliphatic heterocycles. The highest BCUT2D eigenvalue weighted by molar-refractivity contribution is 5.90. The molecular formula is C25H27F2N5O2. The number of fused-ring (bicyclic) bond motifs is 1. The van der Waals surface area contributed by atoms with Crippen LogP contribution in [-0.4, -0.2) is 53.2 Å². The van der Waals surface area contributed by atoms with Gasteiger partial charge in [0.25, 0.3) is 0 Å². The van der Waals surface area contributed by atoms with Crippen molar-refractivity contribution in [2.45, 2.75) is 31.8 Å². The van der Waals surface area contributed by atoms with Crippen molar-refractivity contribution in [1.29, 1.82) is 0 Å². The number of likely N-dealkylation sites (tertiary alicyclic amines) is 1. The maximum Gasteiger partial charge on any atom is 0.329 e. The van der Waals surface area contributed by atoms with Gasteiger partial charge in [0.1, 0.15) is 11.6 Å². The van der Waals surface area contributed by atoms with Crippen molar-refractivity contribution in [3.8, 4) is 0 Å². The van der Waals surface area contributed by atoms with Crippen LogP contribution in [0.3, 0.4) is 0 Å². The second kappa shape index (κ2) is 10.0. The molecule has 4 amide bonds. The molecule has 0 saturated carbocycles. The lowest BCUT2D eigenvalue weighted by Gasteiger charge is -2.33. The van der Waals surface area contributed by atoms with Gasteiger partial charge >= 0.3 is 12.1 Å². The predicted octanol–water partition coefficient (Wildman–Crippen LogP) is 4.92. The van der Waals surface area contributed by atoms with E-state index in [1.165, 1.54) is 28.4 Å². The van der Waals surface area contributed by atoms with Gasteiger partial charge in [-0.1, -0.05) is 18.7 Å². The van der Waals surface area contributed by atoms with Gasteiger partial charge in [0.15, 0.2) is 0 Å². The van der Waals surface area contributed by atoms with Gasteiger partial charge in [-0.3, -0.25) is 9.89 Å². The maximum absolute atomic E-state index is 14.0. The van der Waals surface area contributed by atoms with Crippen LogP contribution in [0.2, 0.25) is 0 Å². The number of anilines is 1. The van der Waals surface area contributed by atoms with Crippen LogP contribution < -0.4 is 5.32 Å². The van der Waals surface area contributed by atoms with Crippen LogP contribution in [0.15, 0.2) is 54.2 Å². The zero-order chi connectivity index (χ0) is 24.2. The summed E-state index contributed by atoms with van der Waals surface area (Å²) in [5, 5.41) is 2.83. The number of carbonyl (C=O) groups is 2. The van der Waals surface area contributed by atoms with Crippen LogP contribution in [0.4, 0.5) is 24.1 Å². The SMILES string of the molecule is C=CN(C=NC)C(=O)N1CCC(c2ccc(NC(=O)N3Cc4cc(F)cc(F)c4C3)cc2)CC1. The van der Waals surface area contributed by atoms with E-state index in [2.05, 4.69) is 16.9 Å². The summed E-state index contributed by atoms with van der Waals surface area (Å²) in [5.74, 6) is -0.952.